The van der Waals surface area contributed by atoms with Gasteiger partial charge in [0, 0.05) is 36.0 Å². The average Bonchev–Trinajstić information content (AvgIpc) is 3.14. The molecule has 1 aromatic heterocycles. The zero-order valence-electron chi connectivity index (χ0n) is 15.2. The zero-order valence-corrected chi connectivity index (χ0v) is 15.2. The number of para-hydroxylation sites is 2. The summed E-state index contributed by atoms with van der Waals surface area (Å²) in [6, 6.07) is 16.3. The van der Waals surface area contributed by atoms with Crippen LogP contribution in [0.3, 0.4) is 0 Å². The van der Waals surface area contributed by atoms with E-state index in [0.29, 0.717) is 30.6 Å². The van der Waals surface area contributed by atoms with Crippen molar-refractivity contribution in [3.8, 4) is 5.75 Å². The number of benzene rings is 2. The van der Waals surface area contributed by atoms with Crippen molar-refractivity contribution in [2.45, 2.75) is 5.92 Å². The molecular formula is C22H20N2O4. The van der Waals surface area contributed by atoms with Crippen molar-refractivity contribution in [1.82, 2.24) is 9.88 Å². The number of fused-ring (bicyclic) bond motifs is 4. The molecule has 0 unspecified atom stereocenters. The summed E-state index contributed by atoms with van der Waals surface area (Å²) in [5.74, 6) is 0.575. The summed E-state index contributed by atoms with van der Waals surface area (Å²) < 4.78 is 5.89. The number of nitrogens with one attached hydrogen (secondary N) is 1. The summed E-state index contributed by atoms with van der Waals surface area (Å²) in [6.45, 7) is 1.16. The van der Waals surface area contributed by atoms with E-state index in [4.69, 9.17) is 4.74 Å². The van der Waals surface area contributed by atoms with Gasteiger partial charge in [-0.05, 0) is 23.8 Å². The van der Waals surface area contributed by atoms with Crippen LogP contribution in [0.15, 0.2) is 59.4 Å². The van der Waals surface area contributed by atoms with Gasteiger partial charge in [-0.1, -0.05) is 30.3 Å². The first-order valence-electron chi connectivity index (χ1n) is 9.35. The normalized spacial score (nSPS) is 23.2. The number of amides is 1. The molecule has 0 saturated carbocycles. The average molecular weight is 376 g/mol. The number of carbonyl (C=O) groups excluding carboxylic acids is 1. The Morgan fingerprint density at radius 3 is 2.86 bits per heavy atom. The quantitative estimate of drug-likeness (QED) is 0.718. The van der Waals surface area contributed by atoms with E-state index in [1.54, 1.807) is 23.1 Å². The van der Waals surface area contributed by atoms with E-state index in [9.17, 15) is 14.7 Å². The zero-order chi connectivity index (χ0) is 19.3. The summed E-state index contributed by atoms with van der Waals surface area (Å²) in [6.07, 6.45) is 0. The van der Waals surface area contributed by atoms with Crippen molar-refractivity contribution in [2.24, 2.45) is 5.41 Å². The van der Waals surface area contributed by atoms with Gasteiger partial charge in [0.15, 0.2) is 5.43 Å². The van der Waals surface area contributed by atoms with Gasteiger partial charge in [-0.2, -0.15) is 0 Å². The van der Waals surface area contributed by atoms with Crippen LogP contribution in [0, 0.1) is 5.41 Å². The first-order chi connectivity index (χ1) is 13.6. The number of rotatable bonds is 2. The molecule has 0 aliphatic carbocycles. The minimum absolute atomic E-state index is 0.00132. The Kier molecular flexibility index (Phi) is 3.77. The highest BCUT2D eigenvalue weighted by molar-refractivity contribution is 5.95. The molecule has 5 rings (SSSR count). The summed E-state index contributed by atoms with van der Waals surface area (Å²) in [4.78, 5) is 30.4. The fourth-order valence-electron chi connectivity index (χ4n) is 4.51. The van der Waals surface area contributed by atoms with E-state index in [1.165, 1.54) is 6.07 Å². The van der Waals surface area contributed by atoms with Crippen LogP contribution in [0.5, 0.6) is 5.75 Å². The van der Waals surface area contributed by atoms with Crippen LogP contribution in [-0.2, 0) is 0 Å². The van der Waals surface area contributed by atoms with Gasteiger partial charge >= 0.3 is 0 Å². The molecule has 0 spiro atoms. The van der Waals surface area contributed by atoms with Gasteiger partial charge in [0.2, 0.25) is 0 Å². The van der Waals surface area contributed by atoms with Gasteiger partial charge < -0.3 is 19.7 Å². The highest BCUT2D eigenvalue weighted by Crippen LogP contribution is 2.49. The van der Waals surface area contributed by atoms with E-state index in [0.717, 1.165) is 11.3 Å². The largest absolute Gasteiger partial charge is 0.493 e. The van der Waals surface area contributed by atoms with E-state index in [-0.39, 0.29) is 29.6 Å². The van der Waals surface area contributed by atoms with Crippen molar-refractivity contribution in [3.05, 3.63) is 76.1 Å². The molecule has 1 fully saturated rings. The molecular weight excluding hydrogens is 356 g/mol. The molecule has 1 amide bonds. The molecule has 28 heavy (non-hydrogen) atoms. The molecule has 2 aliphatic heterocycles. The number of ether oxygens (including phenoxy) is 1. The summed E-state index contributed by atoms with van der Waals surface area (Å²) in [5, 5.41) is 10.7. The lowest BCUT2D eigenvalue weighted by atomic mass is 9.74. The Hall–Kier alpha value is -3.12. The molecule has 6 nitrogen and oxygen atoms in total. The van der Waals surface area contributed by atoms with E-state index in [1.807, 2.05) is 30.3 Å². The number of aromatic nitrogens is 1. The molecule has 2 aromatic carbocycles. The molecule has 6 heteroatoms. The topological polar surface area (TPSA) is 82.6 Å². The summed E-state index contributed by atoms with van der Waals surface area (Å²) in [5.41, 5.74) is 1.22. The third kappa shape index (κ3) is 2.45. The third-order valence-corrected chi connectivity index (χ3v) is 6.03. The van der Waals surface area contributed by atoms with Crippen LogP contribution in [0.25, 0.3) is 10.9 Å². The molecule has 142 valence electrons. The Bertz CT molecular complexity index is 1140. The summed E-state index contributed by atoms with van der Waals surface area (Å²) >= 11 is 0. The van der Waals surface area contributed by atoms with E-state index < -0.39 is 5.41 Å². The van der Waals surface area contributed by atoms with E-state index >= 15 is 0 Å². The van der Waals surface area contributed by atoms with E-state index in [2.05, 4.69) is 4.98 Å². The molecule has 2 aliphatic rings. The third-order valence-electron chi connectivity index (χ3n) is 6.03. The van der Waals surface area contributed by atoms with Crippen molar-refractivity contribution in [2.75, 3.05) is 26.3 Å². The van der Waals surface area contributed by atoms with Crippen LogP contribution in [-0.4, -0.2) is 47.2 Å². The second kappa shape index (κ2) is 6.21. The predicted molar refractivity (Wildman–Crippen MR) is 105 cm³/mol. The number of carbonyl (C=O) groups is 1. The van der Waals surface area contributed by atoms with Crippen LogP contribution >= 0.6 is 0 Å². The fourth-order valence-corrected chi connectivity index (χ4v) is 4.51. The number of aromatic amines is 1. The smallest absolute Gasteiger partial charge is 0.270 e. The van der Waals surface area contributed by atoms with Gasteiger partial charge in [0.25, 0.3) is 5.91 Å². The predicted octanol–water partition coefficient (Wildman–Crippen LogP) is 2.14. The van der Waals surface area contributed by atoms with Crippen molar-refractivity contribution >= 4 is 16.8 Å². The second-order valence-corrected chi connectivity index (χ2v) is 7.68. The van der Waals surface area contributed by atoms with Crippen molar-refractivity contribution in [1.29, 1.82) is 0 Å². The molecule has 3 aromatic rings. The molecule has 1 saturated heterocycles. The van der Waals surface area contributed by atoms with Crippen LogP contribution in [0.4, 0.5) is 0 Å². The van der Waals surface area contributed by atoms with Crippen LogP contribution in [0.2, 0.25) is 0 Å². The Morgan fingerprint density at radius 1 is 1.21 bits per heavy atom. The number of hydrogen-bond acceptors (Lipinski definition) is 4. The molecule has 3 heterocycles. The fraction of sp³-hybridized carbons (Fsp3) is 0.273. The standard InChI is InChI=1S/C22H20N2O4/c25-12-22-11-24(10-16(22)14-5-2-4-8-20(14)28-13-22)21(27)18-9-19(26)15-6-1-3-7-17(15)23-18/h1-9,16,25H,10-13H2,(H,23,26)/t16-,22-/m0/s1. The minimum Gasteiger partial charge on any atom is -0.493 e. The Labute approximate surface area is 161 Å². The Morgan fingerprint density at radius 2 is 2.00 bits per heavy atom. The lowest BCUT2D eigenvalue weighted by molar-refractivity contribution is 0.0439. The lowest BCUT2D eigenvalue weighted by Gasteiger charge is -2.37. The Balaban J connectivity index is 1.52. The number of pyridine rings is 1. The van der Waals surface area contributed by atoms with Crippen LogP contribution in [0.1, 0.15) is 22.0 Å². The maximum atomic E-state index is 13.2. The summed E-state index contributed by atoms with van der Waals surface area (Å²) in [7, 11) is 0. The van der Waals surface area contributed by atoms with Gasteiger partial charge in [-0.25, -0.2) is 0 Å². The maximum Gasteiger partial charge on any atom is 0.270 e. The highest BCUT2D eigenvalue weighted by atomic mass is 16.5. The molecule has 2 atom stereocenters. The van der Waals surface area contributed by atoms with Crippen LogP contribution < -0.4 is 10.2 Å². The number of hydrogen-bond donors (Lipinski definition) is 2. The molecule has 2 N–H and O–H groups in total. The minimum atomic E-state index is -0.527. The number of nitrogens with zero attached hydrogens (tertiary/aromatic N) is 1. The highest BCUT2D eigenvalue weighted by Gasteiger charge is 2.52. The van der Waals surface area contributed by atoms with Gasteiger partial charge in [0.1, 0.15) is 11.4 Å². The molecule has 0 radical (unpaired) electrons. The first kappa shape index (κ1) is 17.0. The monoisotopic (exact) mass is 376 g/mol. The van der Waals surface area contributed by atoms with Gasteiger partial charge in [-0.3, -0.25) is 9.59 Å². The first-order valence-corrected chi connectivity index (χ1v) is 9.35. The lowest BCUT2D eigenvalue weighted by Crippen LogP contribution is -2.42. The van der Waals surface area contributed by atoms with Gasteiger partial charge in [-0.15, -0.1) is 0 Å². The van der Waals surface area contributed by atoms with Crippen molar-refractivity contribution in [3.63, 3.8) is 0 Å². The SMILES string of the molecule is O=C(c1cc(=O)c2ccccc2[nH]1)N1C[C@H]2c3ccccc3OC[C@@]2(CO)C1. The molecule has 0 bridgehead atoms. The second-order valence-electron chi connectivity index (χ2n) is 7.68. The van der Waals surface area contributed by atoms with Gasteiger partial charge in [0.05, 0.1) is 18.6 Å². The number of likely N-dealkylation sites (tertiary alicyclic amines) is 1. The number of H-pyrrole nitrogens is 1. The number of aliphatic hydroxyl groups excluding tert-OH is 1. The maximum absolute atomic E-state index is 13.2. The van der Waals surface area contributed by atoms with Crippen molar-refractivity contribution < 1.29 is 14.6 Å². The number of aliphatic hydroxyl groups is 1.